The summed E-state index contributed by atoms with van der Waals surface area (Å²) in [6.45, 7) is 0. The highest BCUT2D eigenvalue weighted by Crippen LogP contribution is 2.56. The van der Waals surface area contributed by atoms with E-state index in [0.29, 0.717) is 10.6 Å². The van der Waals surface area contributed by atoms with Crippen molar-refractivity contribution in [2.24, 2.45) is 0 Å². The summed E-state index contributed by atoms with van der Waals surface area (Å²) in [7, 11) is -7.43. The summed E-state index contributed by atoms with van der Waals surface area (Å²) < 4.78 is 34.0. The molecule has 2 nitrogen and oxygen atoms in total. The summed E-state index contributed by atoms with van der Waals surface area (Å²) in [5, 5.41) is 17.6. The van der Waals surface area contributed by atoms with E-state index in [1.54, 1.807) is 0 Å². The van der Waals surface area contributed by atoms with Crippen LogP contribution in [-0.2, 0) is 9.13 Å². The van der Waals surface area contributed by atoms with Gasteiger partial charge in [0, 0.05) is 31.8 Å². The topological polar surface area (TPSA) is 34.1 Å². The fourth-order valence-corrected chi connectivity index (χ4v) is 15.8. The molecule has 244 valence electrons. The normalized spacial score (nSPS) is 12.8. The van der Waals surface area contributed by atoms with E-state index < -0.39 is 14.3 Å². The average molecular weight is 701 g/mol. The van der Waals surface area contributed by atoms with Crippen LogP contribution in [0, 0.1) is 0 Å². The molecular formula is C48H30O2P2. The van der Waals surface area contributed by atoms with Gasteiger partial charge in [-0.15, -0.1) is 0 Å². The van der Waals surface area contributed by atoms with Crippen LogP contribution in [0.25, 0.3) is 64.6 Å². The van der Waals surface area contributed by atoms with Crippen LogP contribution in [0.4, 0.5) is 0 Å². The van der Waals surface area contributed by atoms with Crippen molar-refractivity contribution >= 4 is 111 Å². The summed E-state index contributed by atoms with van der Waals surface area (Å²) >= 11 is 0. The Labute approximate surface area is 300 Å². The largest absolute Gasteiger partial charge is 0.309 e. The molecule has 0 heterocycles. The summed E-state index contributed by atoms with van der Waals surface area (Å²) in [6.07, 6.45) is 0. The zero-order valence-corrected chi connectivity index (χ0v) is 29.8. The monoisotopic (exact) mass is 700 g/mol. The predicted octanol–water partition coefficient (Wildman–Crippen LogP) is 10.2. The van der Waals surface area contributed by atoms with Crippen molar-refractivity contribution in [2.75, 3.05) is 0 Å². The zero-order valence-electron chi connectivity index (χ0n) is 28.0. The minimum Gasteiger partial charge on any atom is -0.309 e. The Morgan fingerprint density at radius 1 is 0.250 bits per heavy atom. The lowest BCUT2D eigenvalue weighted by molar-refractivity contribution is 0.590. The van der Waals surface area contributed by atoms with Gasteiger partial charge < -0.3 is 9.13 Å². The maximum atomic E-state index is 17.0. The highest BCUT2D eigenvalue weighted by molar-refractivity contribution is 7.91. The van der Waals surface area contributed by atoms with Crippen LogP contribution in [-0.4, -0.2) is 0 Å². The van der Waals surface area contributed by atoms with Crippen molar-refractivity contribution < 1.29 is 9.13 Å². The second kappa shape index (κ2) is 10.9. The fraction of sp³-hybridized carbons (Fsp3) is 0. The molecule has 11 aromatic carbocycles. The first kappa shape index (κ1) is 29.9. The first-order valence-corrected chi connectivity index (χ1v) is 21.1. The number of rotatable bonds is 6. The van der Waals surface area contributed by atoms with Gasteiger partial charge in [0.25, 0.3) is 0 Å². The molecule has 11 rings (SSSR count). The van der Waals surface area contributed by atoms with Gasteiger partial charge in [-0.25, -0.2) is 0 Å². The molecule has 0 atom stereocenters. The van der Waals surface area contributed by atoms with Gasteiger partial charge in [-0.1, -0.05) is 182 Å². The molecule has 0 aliphatic carbocycles. The summed E-state index contributed by atoms with van der Waals surface area (Å²) in [5.41, 5.74) is 0. The molecule has 4 heteroatoms. The third kappa shape index (κ3) is 3.81. The Kier molecular flexibility index (Phi) is 6.25. The molecule has 0 aliphatic heterocycles. The third-order valence-corrected chi connectivity index (χ3v) is 17.7. The summed E-state index contributed by atoms with van der Waals surface area (Å²) in [4.78, 5) is 0. The van der Waals surface area contributed by atoms with Crippen LogP contribution >= 0.6 is 14.3 Å². The molecule has 11 aromatic rings. The van der Waals surface area contributed by atoms with E-state index in [2.05, 4.69) is 60.7 Å². The molecule has 0 N–H and O–H groups in total. The molecule has 0 spiro atoms. The average Bonchev–Trinajstić information content (AvgIpc) is 3.23. The van der Waals surface area contributed by atoms with Crippen LogP contribution in [0.2, 0.25) is 0 Å². The van der Waals surface area contributed by atoms with Crippen molar-refractivity contribution in [2.45, 2.75) is 0 Å². The number of hydrogen-bond donors (Lipinski definition) is 0. The molecule has 0 unspecified atom stereocenters. The SMILES string of the molecule is O=P(c1ccccc1)(c1ccccc1)c1c(P(=O)(c2ccccc2)c2ccccc2)c2ccc3ccc4ccc5ccc6ccc1c1c6c5c4c3c21. The number of hydrogen-bond acceptors (Lipinski definition) is 2. The van der Waals surface area contributed by atoms with Crippen LogP contribution in [0.5, 0.6) is 0 Å². The lowest BCUT2D eigenvalue weighted by atomic mass is 9.83. The first-order valence-electron chi connectivity index (χ1n) is 17.7. The maximum absolute atomic E-state index is 17.0. The van der Waals surface area contributed by atoms with Gasteiger partial charge in [0.1, 0.15) is 0 Å². The van der Waals surface area contributed by atoms with Gasteiger partial charge in [-0.2, -0.15) is 0 Å². The molecule has 0 radical (unpaired) electrons. The Balaban J connectivity index is 1.50. The molecule has 52 heavy (non-hydrogen) atoms. The van der Waals surface area contributed by atoms with E-state index >= 15 is 9.13 Å². The zero-order chi connectivity index (χ0) is 34.6. The van der Waals surface area contributed by atoms with E-state index in [1.807, 2.05) is 121 Å². The van der Waals surface area contributed by atoms with Gasteiger partial charge in [-0.05, 0) is 64.6 Å². The van der Waals surface area contributed by atoms with Crippen molar-refractivity contribution in [3.63, 3.8) is 0 Å². The van der Waals surface area contributed by atoms with Crippen molar-refractivity contribution in [3.8, 4) is 0 Å². The third-order valence-electron chi connectivity index (χ3n) is 11.2. The maximum Gasteiger partial charge on any atom is 0.172 e. The highest BCUT2D eigenvalue weighted by Gasteiger charge is 2.43. The van der Waals surface area contributed by atoms with E-state index in [4.69, 9.17) is 0 Å². The number of benzene rings is 11. The van der Waals surface area contributed by atoms with Crippen LogP contribution < -0.4 is 31.8 Å². The second-order valence-electron chi connectivity index (χ2n) is 13.8. The molecular weight excluding hydrogens is 670 g/mol. The minimum atomic E-state index is -3.72. The first-order chi connectivity index (χ1) is 25.6. The van der Waals surface area contributed by atoms with Gasteiger partial charge in [-0.3, -0.25) is 0 Å². The Morgan fingerprint density at radius 3 is 0.750 bits per heavy atom. The quantitative estimate of drug-likeness (QED) is 0.0983. The standard InChI is InChI=1S/C48H30O2P2/c49-51(35-13-5-1-6-14-35,36-15-7-2-8-16-36)47-39-29-27-33-25-23-31-21-22-32-24-26-34-28-30-40(46-44(34)42(32)41(31)43(33)45(39)46)48(47)52(50,37-17-9-3-10-18-37)38-19-11-4-12-20-38/h1-30H. The van der Waals surface area contributed by atoms with Gasteiger partial charge >= 0.3 is 0 Å². The van der Waals surface area contributed by atoms with Crippen LogP contribution in [0.1, 0.15) is 0 Å². The van der Waals surface area contributed by atoms with E-state index in [1.165, 1.54) is 32.3 Å². The Hall–Kier alpha value is -5.78. The van der Waals surface area contributed by atoms with E-state index in [9.17, 15) is 0 Å². The summed E-state index contributed by atoms with van der Waals surface area (Å²) in [6, 6.07) is 61.4. The highest BCUT2D eigenvalue weighted by atomic mass is 31.2. The van der Waals surface area contributed by atoms with Crippen molar-refractivity contribution in [3.05, 3.63) is 182 Å². The van der Waals surface area contributed by atoms with Crippen molar-refractivity contribution in [1.82, 2.24) is 0 Å². The Morgan fingerprint density at radius 2 is 0.481 bits per heavy atom. The van der Waals surface area contributed by atoms with Crippen molar-refractivity contribution in [1.29, 1.82) is 0 Å². The lowest BCUT2D eigenvalue weighted by Gasteiger charge is -2.32. The van der Waals surface area contributed by atoms with E-state index in [0.717, 1.165) is 53.5 Å². The smallest absolute Gasteiger partial charge is 0.172 e. The van der Waals surface area contributed by atoms with Gasteiger partial charge in [0.05, 0.1) is 0 Å². The molecule has 0 aromatic heterocycles. The molecule has 0 bridgehead atoms. The summed E-state index contributed by atoms with van der Waals surface area (Å²) in [5.74, 6) is 0. The molecule has 0 aliphatic rings. The second-order valence-corrected chi connectivity index (χ2v) is 19.2. The van der Waals surface area contributed by atoms with Crippen LogP contribution in [0.3, 0.4) is 0 Å². The lowest BCUT2D eigenvalue weighted by Crippen LogP contribution is -2.40. The van der Waals surface area contributed by atoms with Gasteiger partial charge in [0.2, 0.25) is 0 Å². The minimum absolute atomic E-state index is 0.660. The van der Waals surface area contributed by atoms with Crippen LogP contribution in [0.15, 0.2) is 182 Å². The molecule has 0 saturated carbocycles. The van der Waals surface area contributed by atoms with Gasteiger partial charge in [0.15, 0.2) is 14.3 Å². The fourth-order valence-electron chi connectivity index (χ4n) is 9.04. The molecule has 0 amide bonds. The molecule has 0 saturated heterocycles. The Bertz CT molecular complexity index is 2900. The molecule has 0 fully saturated rings. The predicted molar refractivity (Wildman–Crippen MR) is 224 cm³/mol. The van der Waals surface area contributed by atoms with E-state index in [-0.39, 0.29) is 0 Å².